The molecule has 1 unspecified atom stereocenters. The molecule has 0 radical (unpaired) electrons. The summed E-state index contributed by atoms with van der Waals surface area (Å²) in [4.78, 5) is 0. The number of nitrogens with zero attached hydrogens (tertiary/aromatic N) is 3. The Kier molecular flexibility index (Phi) is 4.58. The smallest absolute Gasteiger partial charge is 0.388 e. The number of halogens is 3. The van der Waals surface area contributed by atoms with Crippen molar-refractivity contribution in [1.82, 2.24) is 14.8 Å². The Bertz CT molecular complexity index is 610. The standard InChI is InChI=1S/C13H14F3N3OS/c1-8(21-12-18-17-11(7-20)19(12)2)9-3-5-10(6-4-9)13(14,15)16/h3-6,8,20H,7H2,1-2H3. The van der Waals surface area contributed by atoms with Crippen molar-refractivity contribution >= 4 is 11.8 Å². The van der Waals surface area contributed by atoms with Gasteiger partial charge < -0.3 is 9.67 Å². The normalized spacial score (nSPS) is 13.4. The molecule has 0 fully saturated rings. The van der Waals surface area contributed by atoms with Gasteiger partial charge in [-0.1, -0.05) is 23.9 Å². The first kappa shape index (κ1) is 15.8. The highest BCUT2D eigenvalue weighted by Crippen LogP contribution is 2.35. The highest BCUT2D eigenvalue weighted by molar-refractivity contribution is 7.99. The van der Waals surface area contributed by atoms with Crippen LogP contribution < -0.4 is 0 Å². The number of aromatic nitrogens is 3. The van der Waals surface area contributed by atoms with Crippen LogP contribution in [0.4, 0.5) is 13.2 Å². The molecule has 0 bridgehead atoms. The third kappa shape index (κ3) is 3.56. The summed E-state index contributed by atoms with van der Waals surface area (Å²) >= 11 is 1.37. The van der Waals surface area contributed by atoms with E-state index in [1.165, 1.54) is 23.9 Å². The lowest BCUT2D eigenvalue weighted by Gasteiger charge is -2.12. The van der Waals surface area contributed by atoms with Crippen molar-refractivity contribution in [2.75, 3.05) is 0 Å². The van der Waals surface area contributed by atoms with Crippen LogP contribution in [0.5, 0.6) is 0 Å². The average molecular weight is 317 g/mol. The van der Waals surface area contributed by atoms with Crippen LogP contribution in [0.2, 0.25) is 0 Å². The molecular formula is C13H14F3N3OS. The van der Waals surface area contributed by atoms with Crippen LogP contribution in [0, 0.1) is 0 Å². The number of thioether (sulfide) groups is 1. The molecule has 8 heteroatoms. The fraction of sp³-hybridized carbons (Fsp3) is 0.385. The van der Waals surface area contributed by atoms with Gasteiger partial charge in [0.1, 0.15) is 6.61 Å². The van der Waals surface area contributed by atoms with E-state index >= 15 is 0 Å². The lowest BCUT2D eigenvalue weighted by molar-refractivity contribution is -0.137. The lowest BCUT2D eigenvalue weighted by Crippen LogP contribution is -2.05. The number of benzene rings is 1. The van der Waals surface area contributed by atoms with E-state index in [2.05, 4.69) is 10.2 Å². The molecule has 0 spiro atoms. The second-order valence-electron chi connectivity index (χ2n) is 4.50. The monoisotopic (exact) mass is 317 g/mol. The van der Waals surface area contributed by atoms with Gasteiger partial charge in [-0.2, -0.15) is 13.2 Å². The van der Waals surface area contributed by atoms with Crippen LogP contribution in [-0.2, 0) is 19.8 Å². The van der Waals surface area contributed by atoms with Crippen molar-refractivity contribution in [3.63, 3.8) is 0 Å². The van der Waals surface area contributed by atoms with Gasteiger partial charge in [0.15, 0.2) is 11.0 Å². The Morgan fingerprint density at radius 2 is 1.86 bits per heavy atom. The summed E-state index contributed by atoms with van der Waals surface area (Å²) < 4.78 is 39.2. The van der Waals surface area contributed by atoms with E-state index in [-0.39, 0.29) is 11.9 Å². The fourth-order valence-corrected chi connectivity index (χ4v) is 2.72. The minimum atomic E-state index is -4.32. The Morgan fingerprint density at radius 3 is 2.33 bits per heavy atom. The van der Waals surface area contributed by atoms with Gasteiger partial charge in [-0.05, 0) is 24.6 Å². The molecule has 0 aliphatic rings. The number of aliphatic hydroxyl groups is 1. The minimum Gasteiger partial charge on any atom is -0.388 e. The van der Waals surface area contributed by atoms with Crippen molar-refractivity contribution < 1.29 is 18.3 Å². The molecule has 21 heavy (non-hydrogen) atoms. The van der Waals surface area contributed by atoms with Crippen LogP contribution >= 0.6 is 11.8 Å². The molecule has 1 heterocycles. The molecule has 1 atom stereocenters. The van der Waals surface area contributed by atoms with Gasteiger partial charge in [0.2, 0.25) is 0 Å². The highest BCUT2D eigenvalue weighted by Gasteiger charge is 2.30. The van der Waals surface area contributed by atoms with Gasteiger partial charge in [0, 0.05) is 12.3 Å². The van der Waals surface area contributed by atoms with Gasteiger partial charge in [-0.25, -0.2) is 0 Å². The third-order valence-electron chi connectivity index (χ3n) is 3.06. The summed E-state index contributed by atoms with van der Waals surface area (Å²) in [5.41, 5.74) is 0.103. The number of alkyl halides is 3. The Morgan fingerprint density at radius 1 is 1.24 bits per heavy atom. The Balaban J connectivity index is 2.13. The minimum absolute atomic E-state index is 0.0817. The van der Waals surface area contributed by atoms with Crippen LogP contribution in [0.1, 0.15) is 29.1 Å². The molecule has 114 valence electrons. The molecule has 0 amide bonds. The van der Waals surface area contributed by atoms with Crippen LogP contribution in [-0.4, -0.2) is 19.9 Å². The molecule has 0 aliphatic heterocycles. The highest BCUT2D eigenvalue weighted by atomic mass is 32.2. The molecule has 2 rings (SSSR count). The van der Waals surface area contributed by atoms with Crippen LogP contribution in [0.3, 0.4) is 0 Å². The van der Waals surface area contributed by atoms with E-state index in [0.29, 0.717) is 11.0 Å². The topological polar surface area (TPSA) is 50.9 Å². The zero-order valence-corrected chi connectivity index (χ0v) is 12.2. The molecule has 1 N–H and O–H groups in total. The maximum atomic E-state index is 12.5. The quantitative estimate of drug-likeness (QED) is 0.880. The molecule has 0 aliphatic carbocycles. The second kappa shape index (κ2) is 6.07. The maximum absolute atomic E-state index is 12.5. The summed E-state index contributed by atoms with van der Waals surface area (Å²) in [5, 5.41) is 17.3. The Labute approximate surface area is 124 Å². The SMILES string of the molecule is CC(Sc1nnc(CO)n1C)c1ccc(C(F)(F)F)cc1. The van der Waals surface area contributed by atoms with Crippen molar-refractivity contribution in [3.05, 3.63) is 41.2 Å². The van der Waals surface area contributed by atoms with Gasteiger partial charge in [-0.3, -0.25) is 0 Å². The summed E-state index contributed by atoms with van der Waals surface area (Å²) in [5.74, 6) is 0.442. The molecule has 1 aromatic heterocycles. The van der Waals surface area contributed by atoms with Crippen molar-refractivity contribution in [2.45, 2.75) is 30.1 Å². The largest absolute Gasteiger partial charge is 0.416 e. The van der Waals surface area contributed by atoms with E-state index < -0.39 is 11.7 Å². The number of hydrogen-bond acceptors (Lipinski definition) is 4. The van der Waals surface area contributed by atoms with Crippen LogP contribution in [0.25, 0.3) is 0 Å². The summed E-state index contributed by atoms with van der Waals surface area (Å²) in [6.07, 6.45) is -4.32. The van der Waals surface area contributed by atoms with Crippen molar-refractivity contribution in [1.29, 1.82) is 0 Å². The lowest BCUT2D eigenvalue weighted by atomic mass is 10.1. The second-order valence-corrected chi connectivity index (χ2v) is 5.80. The molecule has 2 aromatic rings. The maximum Gasteiger partial charge on any atom is 0.416 e. The first-order chi connectivity index (χ1) is 9.82. The molecular weight excluding hydrogens is 303 g/mol. The van der Waals surface area contributed by atoms with E-state index in [9.17, 15) is 13.2 Å². The van der Waals surface area contributed by atoms with E-state index in [4.69, 9.17) is 5.11 Å². The predicted octanol–water partition coefficient (Wildman–Crippen LogP) is 3.18. The summed E-state index contributed by atoms with van der Waals surface area (Å²) in [6.45, 7) is 1.67. The number of aliphatic hydroxyl groups excluding tert-OH is 1. The average Bonchev–Trinajstić information content (AvgIpc) is 2.79. The Hall–Kier alpha value is -1.54. The van der Waals surface area contributed by atoms with E-state index in [1.807, 2.05) is 6.92 Å². The van der Waals surface area contributed by atoms with E-state index in [0.717, 1.165) is 17.7 Å². The fourth-order valence-electron chi connectivity index (χ4n) is 1.75. The first-order valence-electron chi connectivity index (χ1n) is 6.16. The van der Waals surface area contributed by atoms with Gasteiger partial charge in [0.05, 0.1) is 5.56 Å². The third-order valence-corrected chi connectivity index (χ3v) is 4.25. The molecule has 0 saturated carbocycles. The molecule has 0 saturated heterocycles. The zero-order valence-electron chi connectivity index (χ0n) is 11.4. The summed E-state index contributed by atoms with van der Waals surface area (Å²) in [6, 6.07) is 5.07. The zero-order chi connectivity index (χ0) is 15.6. The van der Waals surface area contributed by atoms with Gasteiger partial charge in [-0.15, -0.1) is 10.2 Å². The summed E-state index contributed by atoms with van der Waals surface area (Å²) in [7, 11) is 1.73. The van der Waals surface area contributed by atoms with Gasteiger partial charge in [0.25, 0.3) is 0 Å². The van der Waals surface area contributed by atoms with Crippen molar-refractivity contribution in [2.24, 2.45) is 7.05 Å². The predicted molar refractivity (Wildman–Crippen MR) is 72.6 cm³/mol. The van der Waals surface area contributed by atoms with Crippen LogP contribution in [0.15, 0.2) is 29.4 Å². The van der Waals surface area contributed by atoms with Gasteiger partial charge >= 0.3 is 6.18 Å². The number of hydrogen-bond donors (Lipinski definition) is 1. The first-order valence-corrected chi connectivity index (χ1v) is 7.04. The number of rotatable bonds is 4. The van der Waals surface area contributed by atoms with Crippen molar-refractivity contribution in [3.8, 4) is 0 Å². The molecule has 1 aromatic carbocycles. The molecule has 4 nitrogen and oxygen atoms in total. The van der Waals surface area contributed by atoms with E-state index in [1.54, 1.807) is 11.6 Å².